The van der Waals surface area contributed by atoms with E-state index in [2.05, 4.69) is 19.7 Å². The Morgan fingerprint density at radius 2 is 1.72 bits per heavy atom. The second-order valence-electron chi connectivity index (χ2n) is 6.29. The van der Waals surface area contributed by atoms with Crippen LogP contribution in [0.4, 0.5) is 17.2 Å². The minimum Gasteiger partial charge on any atom is -0.481 e. The minimum absolute atomic E-state index is 0.101. The zero-order chi connectivity index (χ0) is 20.9. The quantitative estimate of drug-likeness (QED) is 0.600. The highest BCUT2D eigenvalue weighted by atomic mass is 32.2. The summed E-state index contributed by atoms with van der Waals surface area (Å²) in [6.07, 6.45) is 2.95. The van der Waals surface area contributed by atoms with Gasteiger partial charge in [0.05, 0.1) is 17.7 Å². The van der Waals surface area contributed by atoms with Gasteiger partial charge >= 0.3 is 0 Å². The van der Waals surface area contributed by atoms with E-state index in [9.17, 15) is 8.42 Å². The zero-order valence-electron chi connectivity index (χ0n) is 16.3. The molecule has 0 saturated heterocycles. The highest BCUT2D eigenvalue weighted by Gasteiger charge is 2.15. The molecule has 150 valence electrons. The maximum absolute atomic E-state index is 12.5. The number of nitrogens with zero attached hydrogens (tertiary/aromatic N) is 4. The fourth-order valence-corrected chi connectivity index (χ4v) is 3.42. The average Bonchev–Trinajstić information content (AvgIpc) is 2.72. The van der Waals surface area contributed by atoms with Gasteiger partial charge in [0.15, 0.2) is 0 Å². The molecule has 0 fully saturated rings. The lowest BCUT2D eigenvalue weighted by Gasteiger charge is -2.11. The predicted octanol–water partition coefficient (Wildman–Crippen LogP) is 3.10. The van der Waals surface area contributed by atoms with E-state index in [1.54, 1.807) is 18.3 Å². The van der Waals surface area contributed by atoms with E-state index in [1.165, 1.54) is 31.6 Å². The first-order valence-electron chi connectivity index (χ1n) is 8.68. The fourth-order valence-electron chi connectivity index (χ4n) is 2.42. The number of hydrogen-bond acceptors (Lipinski definition) is 7. The first kappa shape index (κ1) is 20.3. The molecule has 1 aromatic heterocycles. The van der Waals surface area contributed by atoms with Crippen LogP contribution in [0.15, 0.2) is 70.8 Å². The molecule has 3 rings (SSSR count). The number of rotatable bonds is 7. The minimum atomic E-state index is -3.79. The number of sulfonamides is 1. The Morgan fingerprint density at radius 1 is 1.03 bits per heavy atom. The van der Waals surface area contributed by atoms with Crippen LogP contribution in [0.2, 0.25) is 0 Å². The number of methoxy groups -OCH3 is 1. The largest absolute Gasteiger partial charge is 0.481 e. The molecule has 0 unspecified atom stereocenters. The Balaban J connectivity index is 1.71. The van der Waals surface area contributed by atoms with Gasteiger partial charge in [0.25, 0.3) is 10.0 Å². The van der Waals surface area contributed by atoms with Crippen molar-refractivity contribution >= 4 is 33.4 Å². The Bertz CT molecular complexity index is 1100. The molecule has 2 aromatic carbocycles. The SMILES string of the molecule is COc1cc(NS(=O)(=O)c2ccc(N=Cc3ccc(N(C)C)cc3)cc2)ncn1. The lowest BCUT2D eigenvalue weighted by atomic mass is 10.2. The van der Waals surface area contributed by atoms with E-state index in [0.717, 1.165) is 11.3 Å². The van der Waals surface area contributed by atoms with Gasteiger partial charge in [0.1, 0.15) is 12.1 Å². The number of aromatic nitrogens is 2. The highest BCUT2D eigenvalue weighted by molar-refractivity contribution is 7.92. The van der Waals surface area contributed by atoms with Crippen molar-refractivity contribution in [3.8, 4) is 5.88 Å². The first-order chi connectivity index (χ1) is 13.9. The van der Waals surface area contributed by atoms with Gasteiger partial charge in [-0.15, -0.1) is 0 Å². The maximum atomic E-state index is 12.5. The van der Waals surface area contributed by atoms with Gasteiger partial charge in [-0.05, 0) is 42.0 Å². The fraction of sp³-hybridized carbons (Fsp3) is 0.150. The van der Waals surface area contributed by atoms with Crippen LogP contribution in [0.5, 0.6) is 5.88 Å². The smallest absolute Gasteiger partial charge is 0.263 e. The molecule has 0 atom stereocenters. The summed E-state index contributed by atoms with van der Waals surface area (Å²) >= 11 is 0. The molecule has 1 N–H and O–H groups in total. The molecule has 0 radical (unpaired) electrons. The molecule has 0 aliphatic rings. The van der Waals surface area contributed by atoms with Crippen molar-refractivity contribution in [2.45, 2.75) is 4.90 Å². The van der Waals surface area contributed by atoms with E-state index in [1.807, 2.05) is 43.3 Å². The van der Waals surface area contributed by atoms with Crippen LogP contribution in [0.1, 0.15) is 5.56 Å². The Hall–Kier alpha value is -3.46. The average molecular weight is 411 g/mol. The topological polar surface area (TPSA) is 96.8 Å². The van der Waals surface area contributed by atoms with Crippen molar-refractivity contribution in [1.29, 1.82) is 0 Å². The second-order valence-corrected chi connectivity index (χ2v) is 7.97. The molecule has 0 bridgehead atoms. The zero-order valence-corrected chi connectivity index (χ0v) is 17.1. The number of ether oxygens (including phenoxy) is 1. The molecule has 0 saturated carbocycles. The molecule has 0 aliphatic heterocycles. The van der Waals surface area contributed by atoms with E-state index in [0.29, 0.717) is 5.69 Å². The molecule has 0 amide bonds. The van der Waals surface area contributed by atoms with E-state index >= 15 is 0 Å². The number of nitrogens with one attached hydrogen (secondary N) is 1. The van der Waals surface area contributed by atoms with Crippen molar-refractivity contribution in [2.75, 3.05) is 30.8 Å². The summed E-state index contributed by atoms with van der Waals surface area (Å²) in [6.45, 7) is 0. The molecule has 9 heteroatoms. The molecule has 8 nitrogen and oxygen atoms in total. The Morgan fingerprint density at radius 3 is 2.34 bits per heavy atom. The summed E-state index contributed by atoms with van der Waals surface area (Å²) in [5.74, 6) is 0.390. The third-order valence-corrected chi connectivity index (χ3v) is 5.38. The summed E-state index contributed by atoms with van der Waals surface area (Å²) in [4.78, 5) is 14.2. The lowest BCUT2D eigenvalue weighted by molar-refractivity contribution is 0.397. The van der Waals surface area contributed by atoms with Gasteiger partial charge in [-0.1, -0.05) is 12.1 Å². The third kappa shape index (κ3) is 5.29. The van der Waals surface area contributed by atoms with Crippen LogP contribution in [0.3, 0.4) is 0 Å². The molecule has 0 aliphatic carbocycles. The highest BCUT2D eigenvalue weighted by Crippen LogP contribution is 2.20. The van der Waals surface area contributed by atoms with Crippen LogP contribution in [-0.2, 0) is 10.0 Å². The first-order valence-corrected chi connectivity index (χ1v) is 10.2. The number of benzene rings is 2. The number of anilines is 2. The lowest BCUT2D eigenvalue weighted by Crippen LogP contribution is -2.14. The molecule has 29 heavy (non-hydrogen) atoms. The second kappa shape index (κ2) is 8.70. The Kier molecular flexibility index (Phi) is 6.08. The van der Waals surface area contributed by atoms with Crippen molar-refractivity contribution < 1.29 is 13.2 Å². The number of hydrogen-bond donors (Lipinski definition) is 1. The van der Waals surface area contributed by atoms with Gasteiger partial charge in [-0.3, -0.25) is 9.71 Å². The van der Waals surface area contributed by atoms with Crippen LogP contribution in [-0.4, -0.2) is 45.8 Å². The Labute approximate surface area is 170 Å². The monoisotopic (exact) mass is 411 g/mol. The van der Waals surface area contributed by atoms with Gasteiger partial charge in [0, 0.05) is 32.1 Å². The third-order valence-electron chi connectivity index (χ3n) is 4.01. The molecular weight excluding hydrogens is 390 g/mol. The summed E-state index contributed by atoms with van der Waals surface area (Å²) in [5, 5.41) is 0. The van der Waals surface area contributed by atoms with E-state index < -0.39 is 10.0 Å². The van der Waals surface area contributed by atoms with Crippen LogP contribution in [0.25, 0.3) is 0 Å². The van der Waals surface area contributed by atoms with Gasteiger partial charge in [-0.2, -0.15) is 0 Å². The summed E-state index contributed by atoms with van der Waals surface area (Å²) < 4.78 is 32.4. The van der Waals surface area contributed by atoms with Crippen LogP contribution >= 0.6 is 0 Å². The van der Waals surface area contributed by atoms with Crippen molar-refractivity contribution in [2.24, 2.45) is 4.99 Å². The molecule has 0 spiro atoms. The van der Waals surface area contributed by atoms with Gasteiger partial charge in [0.2, 0.25) is 5.88 Å². The summed E-state index contributed by atoms with van der Waals surface area (Å²) in [6, 6.07) is 15.6. The maximum Gasteiger partial charge on any atom is 0.263 e. The van der Waals surface area contributed by atoms with Crippen LogP contribution < -0.4 is 14.4 Å². The standard InChI is InChI=1S/C20H21N5O3S/c1-25(2)17-8-4-15(5-9-17)13-21-16-6-10-18(11-7-16)29(26,27)24-19-12-20(28-3)23-14-22-19/h4-14H,1-3H3,(H,22,23,24). The normalized spacial score (nSPS) is 11.4. The summed E-state index contributed by atoms with van der Waals surface area (Å²) in [5.41, 5.74) is 2.70. The number of aliphatic imine (C=N–C) groups is 1. The molecule has 1 heterocycles. The predicted molar refractivity (Wildman–Crippen MR) is 114 cm³/mol. The molecular formula is C20H21N5O3S. The van der Waals surface area contributed by atoms with E-state index in [-0.39, 0.29) is 16.6 Å². The van der Waals surface area contributed by atoms with Crippen LogP contribution in [0, 0.1) is 0 Å². The van der Waals surface area contributed by atoms with Crippen molar-refractivity contribution in [1.82, 2.24) is 9.97 Å². The van der Waals surface area contributed by atoms with E-state index in [4.69, 9.17) is 4.74 Å². The molecule has 3 aromatic rings. The van der Waals surface area contributed by atoms with Crippen molar-refractivity contribution in [3.63, 3.8) is 0 Å². The summed E-state index contributed by atoms with van der Waals surface area (Å²) in [7, 11) is 1.62. The van der Waals surface area contributed by atoms with Crippen molar-refractivity contribution in [3.05, 3.63) is 66.5 Å². The van der Waals surface area contributed by atoms with Gasteiger partial charge < -0.3 is 9.64 Å². The van der Waals surface area contributed by atoms with Gasteiger partial charge in [-0.25, -0.2) is 18.4 Å².